The van der Waals surface area contributed by atoms with Gasteiger partial charge in [0.05, 0.1) is 19.1 Å². The molecule has 1 saturated heterocycles. The highest BCUT2D eigenvalue weighted by Crippen LogP contribution is 2.35. The summed E-state index contributed by atoms with van der Waals surface area (Å²) in [7, 11) is 0. The summed E-state index contributed by atoms with van der Waals surface area (Å²) in [4.78, 5) is 12.0. The first kappa shape index (κ1) is 16.5. The SMILES string of the molecule is O=C1O[C@@H](c2ccccc2)C[C@@H]1C/C=C\COCc1ccccc1. The minimum Gasteiger partial charge on any atom is -0.457 e. The van der Waals surface area contributed by atoms with Crippen molar-refractivity contribution in [2.45, 2.75) is 25.6 Å². The van der Waals surface area contributed by atoms with Crippen LogP contribution < -0.4 is 0 Å². The summed E-state index contributed by atoms with van der Waals surface area (Å²) in [5, 5.41) is 0. The van der Waals surface area contributed by atoms with E-state index >= 15 is 0 Å². The lowest BCUT2D eigenvalue weighted by Gasteiger charge is -2.08. The van der Waals surface area contributed by atoms with E-state index in [1.807, 2.05) is 72.8 Å². The number of carbonyl (C=O) groups is 1. The average molecular weight is 322 g/mol. The predicted molar refractivity (Wildman–Crippen MR) is 93.2 cm³/mol. The van der Waals surface area contributed by atoms with Crippen molar-refractivity contribution in [3.05, 3.63) is 83.9 Å². The van der Waals surface area contributed by atoms with E-state index in [9.17, 15) is 4.79 Å². The van der Waals surface area contributed by atoms with Crippen LogP contribution in [0.5, 0.6) is 0 Å². The van der Waals surface area contributed by atoms with E-state index in [0.29, 0.717) is 19.6 Å². The molecule has 0 spiro atoms. The normalized spacial score (nSPS) is 20.4. The third kappa shape index (κ3) is 4.56. The molecule has 3 nitrogen and oxygen atoms in total. The molecule has 124 valence electrons. The van der Waals surface area contributed by atoms with Crippen molar-refractivity contribution < 1.29 is 14.3 Å². The molecule has 0 amide bonds. The predicted octanol–water partition coefficient (Wildman–Crippen LogP) is 4.45. The fourth-order valence-corrected chi connectivity index (χ4v) is 2.85. The number of benzene rings is 2. The molecule has 1 aliphatic rings. The Morgan fingerprint density at radius 1 is 1.00 bits per heavy atom. The monoisotopic (exact) mass is 322 g/mol. The van der Waals surface area contributed by atoms with Crippen LogP contribution in [0.2, 0.25) is 0 Å². The Labute approximate surface area is 142 Å². The lowest BCUT2D eigenvalue weighted by atomic mass is 9.97. The van der Waals surface area contributed by atoms with Gasteiger partial charge >= 0.3 is 5.97 Å². The van der Waals surface area contributed by atoms with Crippen LogP contribution in [0, 0.1) is 5.92 Å². The smallest absolute Gasteiger partial charge is 0.310 e. The zero-order valence-electron chi connectivity index (χ0n) is 13.6. The number of esters is 1. The Morgan fingerprint density at radius 2 is 1.71 bits per heavy atom. The molecule has 0 bridgehead atoms. The van der Waals surface area contributed by atoms with Gasteiger partial charge in [0.2, 0.25) is 0 Å². The molecule has 3 rings (SSSR count). The molecule has 0 saturated carbocycles. The van der Waals surface area contributed by atoms with E-state index in [-0.39, 0.29) is 18.0 Å². The summed E-state index contributed by atoms with van der Waals surface area (Å²) in [6.45, 7) is 1.16. The van der Waals surface area contributed by atoms with E-state index in [0.717, 1.165) is 17.5 Å². The van der Waals surface area contributed by atoms with Crippen molar-refractivity contribution in [1.29, 1.82) is 0 Å². The Hall–Kier alpha value is -2.39. The van der Waals surface area contributed by atoms with Crippen LogP contribution in [-0.4, -0.2) is 12.6 Å². The molecule has 1 fully saturated rings. The molecular weight excluding hydrogens is 300 g/mol. The average Bonchev–Trinajstić information content (AvgIpc) is 3.00. The van der Waals surface area contributed by atoms with Crippen molar-refractivity contribution in [1.82, 2.24) is 0 Å². The van der Waals surface area contributed by atoms with Gasteiger partial charge in [0.15, 0.2) is 0 Å². The van der Waals surface area contributed by atoms with Crippen LogP contribution in [0.3, 0.4) is 0 Å². The van der Waals surface area contributed by atoms with Crippen LogP contribution >= 0.6 is 0 Å². The maximum absolute atomic E-state index is 12.0. The molecule has 0 N–H and O–H groups in total. The minimum absolute atomic E-state index is 0.0550. The molecule has 1 aliphatic heterocycles. The van der Waals surface area contributed by atoms with Crippen LogP contribution in [0.1, 0.15) is 30.1 Å². The highest BCUT2D eigenvalue weighted by atomic mass is 16.6. The lowest BCUT2D eigenvalue weighted by Crippen LogP contribution is -2.05. The third-order valence-corrected chi connectivity index (χ3v) is 4.17. The van der Waals surface area contributed by atoms with Gasteiger partial charge < -0.3 is 9.47 Å². The number of carbonyl (C=O) groups excluding carboxylic acids is 1. The molecule has 2 aromatic rings. The van der Waals surface area contributed by atoms with Crippen molar-refractivity contribution in [3.63, 3.8) is 0 Å². The molecule has 0 aliphatic carbocycles. The number of allylic oxidation sites excluding steroid dienone is 1. The summed E-state index contributed by atoms with van der Waals surface area (Å²) in [6, 6.07) is 20.0. The van der Waals surface area contributed by atoms with Gasteiger partial charge in [-0.05, 0) is 17.5 Å². The second-order valence-corrected chi connectivity index (χ2v) is 5.98. The quantitative estimate of drug-likeness (QED) is 0.429. The number of hydrogen-bond donors (Lipinski definition) is 0. The molecule has 0 aromatic heterocycles. The molecular formula is C21H22O3. The zero-order chi connectivity index (χ0) is 16.6. The summed E-state index contributed by atoms with van der Waals surface area (Å²) in [5.41, 5.74) is 2.24. The van der Waals surface area contributed by atoms with Crippen LogP contribution in [-0.2, 0) is 20.9 Å². The highest BCUT2D eigenvalue weighted by molar-refractivity contribution is 5.75. The first-order valence-electron chi connectivity index (χ1n) is 8.35. The van der Waals surface area contributed by atoms with Crippen molar-refractivity contribution in [2.24, 2.45) is 5.92 Å². The van der Waals surface area contributed by atoms with Gasteiger partial charge in [-0.15, -0.1) is 0 Å². The van der Waals surface area contributed by atoms with E-state index in [4.69, 9.17) is 9.47 Å². The molecule has 0 unspecified atom stereocenters. The van der Waals surface area contributed by atoms with Gasteiger partial charge in [-0.25, -0.2) is 0 Å². The van der Waals surface area contributed by atoms with Crippen molar-refractivity contribution in [2.75, 3.05) is 6.61 Å². The topological polar surface area (TPSA) is 35.5 Å². The molecule has 0 radical (unpaired) electrons. The zero-order valence-corrected chi connectivity index (χ0v) is 13.6. The van der Waals surface area contributed by atoms with E-state index < -0.39 is 0 Å². The van der Waals surface area contributed by atoms with Crippen LogP contribution in [0.4, 0.5) is 0 Å². The van der Waals surface area contributed by atoms with Gasteiger partial charge in [0.25, 0.3) is 0 Å². The fourth-order valence-electron chi connectivity index (χ4n) is 2.85. The number of rotatable bonds is 7. The Balaban J connectivity index is 1.39. The maximum Gasteiger partial charge on any atom is 0.310 e. The molecule has 2 aromatic carbocycles. The van der Waals surface area contributed by atoms with Crippen LogP contribution in [0.25, 0.3) is 0 Å². The number of hydrogen-bond acceptors (Lipinski definition) is 3. The second-order valence-electron chi connectivity index (χ2n) is 5.98. The summed E-state index contributed by atoms with van der Waals surface area (Å²) in [5.74, 6) is -0.153. The number of ether oxygens (including phenoxy) is 2. The van der Waals surface area contributed by atoms with Gasteiger partial charge in [0, 0.05) is 6.42 Å². The summed E-state index contributed by atoms with van der Waals surface area (Å²) >= 11 is 0. The highest BCUT2D eigenvalue weighted by Gasteiger charge is 2.34. The minimum atomic E-state index is -0.105. The molecule has 1 heterocycles. The Kier molecular flexibility index (Phi) is 5.80. The van der Waals surface area contributed by atoms with Gasteiger partial charge in [0.1, 0.15) is 6.10 Å². The van der Waals surface area contributed by atoms with E-state index in [1.54, 1.807) is 0 Å². The van der Waals surface area contributed by atoms with Crippen LogP contribution in [0.15, 0.2) is 72.8 Å². The first-order chi connectivity index (χ1) is 11.8. The fraction of sp³-hybridized carbons (Fsp3) is 0.286. The third-order valence-electron chi connectivity index (χ3n) is 4.17. The molecule has 2 atom stereocenters. The summed E-state index contributed by atoms with van der Waals surface area (Å²) < 4.78 is 11.1. The second kappa shape index (κ2) is 8.46. The molecule has 24 heavy (non-hydrogen) atoms. The number of cyclic esters (lactones) is 1. The van der Waals surface area contributed by atoms with E-state index in [1.165, 1.54) is 0 Å². The largest absolute Gasteiger partial charge is 0.457 e. The van der Waals surface area contributed by atoms with Gasteiger partial charge in [-0.2, -0.15) is 0 Å². The summed E-state index contributed by atoms with van der Waals surface area (Å²) in [6.07, 6.45) is 5.34. The van der Waals surface area contributed by atoms with Crippen molar-refractivity contribution >= 4 is 5.97 Å². The first-order valence-corrected chi connectivity index (χ1v) is 8.35. The maximum atomic E-state index is 12.0. The standard InChI is InChI=1S/C21H22O3/c22-21-19(15-20(24-21)18-11-5-2-6-12-18)13-7-8-14-23-16-17-9-3-1-4-10-17/h1-12,19-20H,13-16H2/b8-7-/t19-,20+/m0/s1. The Morgan fingerprint density at radius 3 is 2.46 bits per heavy atom. The van der Waals surface area contributed by atoms with E-state index in [2.05, 4.69) is 0 Å². The van der Waals surface area contributed by atoms with Gasteiger partial charge in [-0.1, -0.05) is 72.8 Å². The van der Waals surface area contributed by atoms with Crippen molar-refractivity contribution in [3.8, 4) is 0 Å². The lowest BCUT2D eigenvalue weighted by molar-refractivity contribution is -0.144. The Bertz CT molecular complexity index is 664. The molecule has 3 heteroatoms. The van der Waals surface area contributed by atoms with Gasteiger partial charge in [-0.3, -0.25) is 4.79 Å².